The molecule has 0 aliphatic heterocycles. The van der Waals surface area contributed by atoms with Gasteiger partial charge in [-0.3, -0.25) is 14.1 Å². The highest BCUT2D eigenvalue weighted by atomic mass is 16.3. The fourth-order valence-electron chi connectivity index (χ4n) is 2.19. The Balaban J connectivity index is 2.22. The lowest BCUT2D eigenvalue weighted by Gasteiger charge is -2.23. The van der Waals surface area contributed by atoms with E-state index in [0.717, 1.165) is 0 Å². The zero-order valence-corrected chi connectivity index (χ0v) is 11.7. The van der Waals surface area contributed by atoms with Gasteiger partial charge < -0.3 is 15.9 Å². The second-order valence-electron chi connectivity index (χ2n) is 4.87. The van der Waals surface area contributed by atoms with Crippen LogP contribution in [0.15, 0.2) is 35.3 Å². The maximum atomic E-state index is 12.0. The fourth-order valence-corrected chi connectivity index (χ4v) is 2.19. The molecule has 0 radical (unpaired) electrons. The van der Waals surface area contributed by atoms with Crippen molar-refractivity contribution in [1.82, 2.24) is 14.3 Å². The van der Waals surface area contributed by atoms with E-state index in [-0.39, 0.29) is 18.7 Å². The van der Waals surface area contributed by atoms with Gasteiger partial charge in [0, 0.05) is 38.4 Å². The molecule has 0 saturated heterocycles. The van der Waals surface area contributed by atoms with Crippen molar-refractivity contribution in [1.29, 1.82) is 0 Å². The second-order valence-corrected chi connectivity index (χ2v) is 4.87. The number of hydrogen-bond acceptors (Lipinski definition) is 6. The fraction of sp³-hybridized carbons (Fsp3) is 0.429. The molecule has 0 aliphatic carbocycles. The lowest BCUT2D eigenvalue weighted by molar-refractivity contribution is 0.0573. The van der Waals surface area contributed by atoms with Gasteiger partial charge in [0.2, 0.25) is 0 Å². The molecule has 114 valence electrons. The van der Waals surface area contributed by atoms with Crippen molar-refractivity contribution in [3.05, 3.63) is 46.5 Å². The van der Waals surface area contributed by atoms with E-state index in [1.54, 1.807) is 18.3 Å². The number of fused-ring (bicyclic) bond motifs is 1. The SMILES string of the molecule is NCCN(Cc1cc(=O)n2ccccc2n1)CC(O)CO. The highest BCUT2D eigenvalue weighted by Gasteiger charge is 2.12. The summed E-state index contributed by atoms with van der Waals surface area (Å²) in [5, 5.41) is 18.5. The summed E-state index contributed by atoms with van der Waals surface area (Å²) in [6, 6.07) is 6.83. The van der Waals surface area contributed by atoms with Crippen LogP contribution in [0.5, 0.6) is 0 Å². The molecule has 7 heteroatoms. The van der Waals surface area contributed by atoms with Crippen molar-refractivity contribution in [3.63, 3.8) is 0 Å². The molecule has 7 nitrogen and oxygen atoms in total. The standard InChI is InChI=1S/C14H20N4O3/c15-4-6-17(9-12(20)10-19)8-11-7-14(21)18-5-2-1-3-13(18)16-11/h1-3,5,7,12,19-20H,4,6,8-10,15H2. The van der Waals surface area contributed by atoms with Gasteiger partial charge in [-0.25, -0.2) is 4.98 Å². The summed E-state index contributed by atoms with van der Waals surface area (Å²) in [6.45, 7) is 1.34. The highest BCUT2D eigenvalue weighted by Crippen LogP contribution is 2.03. The van der Waals surface area contributed by atoms with Gasteiger partial charge in [0.15, 0.2) is 0 Å². The van der Waals surface area contributed by atoms with Crippen molar-refractivity contribution >= 4 is 5.65 Å². The Kier molecular flexibility index (Phi) is 5.40. The minimum absolute atomic E-state index is 0.147. The molecule has 2 aromatic rings. The van der Waals surface area contributed by atoms with Gasteiger partial charge in [0.25, 0.3) is 5.56 Å². The van der Waals surface area contributed by atoms with Gasteiger partial charge in [-0.15, -0.1) is 0 Å². The number of aliphatic hydroxyl groups is 2. The smallest absolute Gasteiger partial charge is 0.258 e. The van der Waals surface area contributed by atoms with Crippen LogP contribution in [0.3, 0.4) is 0 Å². The first-order valence-corrected chi connectivity index (χ1v) is 6.82. The van der Waals surface area contributed by atoms with Gasteiger partial charge in [-0.2, -0.15) is 0 Å². The zero-order chi connectivity index (χ0) is 15.2. The van der Waals surface area contributed by atoms with Crippen LogP contribution < -0.4 is 11.3 Å². The van der Waals surface area contributed by atoms with E-state index in [2.05, 4.69) is 4.98 Å². The molecule has 0 amide bonds. The monoisotopic (exact) mass is 292 g/mol. The number of aliphatic hydroxyl groups excluding tert-OH is 2. The third-order valence-corrected chi connectivity index (χ3v) is 3.13. The van der Waals surface area contributed by atoms with E-state index >= 15 is 0 Å². The Morgan fingerprint density at radius 2 is 2.24 bits per heavy atom. The molecular weight excluding hydrogens is 272 g/mol. The van der Waals surface area contributed by atoms with E-state index in [1.807, 2.05) is 11.0 Å². The molecule has 1 atom stereocenters. The number of aromatic nitrogens is 2. The van der Waals surface area contributed by atoms with Crippen molar-refractivity contribution < 1.29 is 10.2 Å². The lowest BCUT2D eigenvalue weighted by atomic mass is 10.3. The van der Waals surface area contributed by atoms with Gasteiger partial charge >= 0.3 is 0 Å². The largest absolute Gasteiger partial charge is 0.394 e. The van der Waals surface area contributed by atoms with Crippen LogP contribution in [-0.4, -0.2) is 56.8 Å². The molecule has 21 heavy (non-hydrogen) atoms. The average molecular weight is 292 g/mol. The first-order chi connectivity index (χ1) is 10.1. The molecule has 0 saturated carbocycles. The second kappa shape index (κ2) is 7.28. The Morgan fingerprint density at radius 1 is 1.43 bits per heavy atom. The summed E-state index contributed by atoms with van der Waals surface area (Å²) in [5.74, 6) is 0. The average Bonchev–Trinajstić information content (AvgIpc) is 2.47. The summed E-state index contributed by atoms with van der Waals surface area (Å²) >= 11 is 0. The van der Waals surface area contributed by atoms with Gasteiger partial charge in [0.1, 0.15) is 5.65 Å². The molecule has 2 aromatic heterocycles. The Hall–Kier alpha value is -1.80. The molecule has 1 unspecified atom stereocenters. The van der Waals surface area contributed by atoms with Crippen LogP contribution in [0.1, 0.15) is 5.69 Å². The van der Waals surface area contributed by atoms with E-state index in [9.17, 15) is 9.90 Å². The molecule has 0 bridgehead atoms. The first-order valence-electron chi connectivity index (χ1n) is 6.82. The normalized spacial score (nSPS) is 13.0. The van der Waals surface area contributed by atoms with Crippen LogP contribution in [0, 0.1) is 0 Å². The van der Waals surface area contributed by atoms with Crippen molar-refractivity contribution in [3.8, 4) is 0 Å². The third-order valence-electron chi connectivity index (χ3n) is 3.13. The number of nitrogens with two attached hydrogens (primary N) is 1. The Bertz CT molecular complexity index is 643. The van der Waals surface area contributed by atoms with Crippen molar-refractivity contribution in [2.75, 3.05) is 26.2 Å². The molecule has 4 N–H and O–H groups in total. The van der Waals surface area contributed by atoms with Gasteiger partial charge in [-0.1, -0.05) is 6.07 Å². The summed E-state index contributed by atoms with van der Waals surface area (Å²) in [5.41, 5.74) is 6.60. The summed E-state index contributed by atoms with van der Waals surface area (Å²) in [4.78, 5) is 18.3. The number of nitrogens with zero attached hydrogens (tertiary/aromatic N) is 3. The molecule has 0 fully saturated rings. The molecular formula is C14H20N4O3. The lowest BCUT2D eigenvalue weighted by Crippen LogP contribution is -2.37. The van der Waals surface area contributed by atoms with Crippen LogP contribution >= 0.6 is 0 Å². The van der Waals surface area contributed by atoms with E-state index < -0.39 is 6.10 Å². The van der Waals surface area contributed by atoms with Crippen LogP contribution in [-0.2, 0) is 6.54 Å². The predicted molar refractivity (Wildman–Crippen MR) is 78.9 cm³/mol. The Labute approximate surface area is 122 Å². The van der Waals surface area contributed by atoms with Gasteiger partial charge in [-0.05, 0) is 12.1 Å². The third kappa shape index (κ3) is 4.08. The number of pyridine rings is 1. The zero-order valence-electron chi connectivity index (χ0n) is 11.7. The number of rotatable bonds is 7. The van der Waals surface area contributed by atoms with E-state index in [1.165, 1.54) is 10.5 Å². The first kappa shape index (κ1) is 15.6. The van der Waals surface area contributed by atoms with E-state index in [0.29, 0.717) is 31.0 Å². The molecule has 2 rings (SSSR count). The minimum Gasteiger partial charge on any atom is -0.394 e. The summed E-state index contributed by atoms with van der Waals surface area (Å²) < 4.78 is 1.47. The van der Waals surface area contributed by atoms with Gasteiger partial charge in [0.05, 0.1) is 18.4 Å². The Morgan fingerprint density at radius 3 is 2.95 bits per heavy atom. The van der Waals surface area contributed by atoms with E-state index in [4.69, 9.17) is 10.8 Å². The topological polar surface area (TPSA) is 104 Å². The quantitative estimate of drug-likeness (QED) is 0.593. The molecule has 0 aromatic carbocycles. The molecule has 0 spiro atoms. The van der Waals surface area contributed by atoms with Crippen molar-refractivity contribution in [2.45, 2.75) is 12.6 Å². The predicted octanol–water partition coefficient (Wildman–Crippen LogP) is -1.19. The van der Waals surface area contributed by atoms with Crippen LogP contribution in [0.4, 0.5) is 0 Å². The summed E-state index contributed by atoms with van der Waals surface area (Å²) in [7, 11) is 0. The molecule has 0 aliphatic rings. The van der Waals surface area contributed by atoms with Crippen LogP contribution in [0.25, 0.3) is 5.65 Å². The maximum absolute atomic E-state index is 12.0. The maximum Gasteiger partial charge on any atom is 0.258 e. The minimum atomic E-state index is -0.835. The highest BCUT2D eigenvalue weighted by molar-refractivity contribution is 5.37. The summed E-state index contributed by atoms with van der Waals surface area (Å²) in [6.07, 6.45) is 0.833. The van der Waals surface area contributed by atoms with Crippen molar-refractivity contribution in [2.24, 2.45) is 5.73 Å². The van der Waals surface area contributed by atoms with Crippen LogP contribution in [0.2, 0.25) is 0 Å². The molecule has 2 heterocycles. The number of hydrogen-bond donors (Lipinski definition) is 3.